The highest BCUT2D eigenvalue weighted by Crippen LogP contribution is 2.20. The van der Waals surface area contributed by atoms with Crippen LogP contribution < -0.4 is 0 Å². The third-order valence-corrected chi connectivity index (χ3v) is 1.77. The molecule has 71 valence electrons. The van der Waals surface area contributed by atoms with Gasteiger partial charge in [-0.3, -0.25) is 0 Å². The third kappa shape index (κ3) is 1.58. The van der Waals surface area contributed by atoms with Gasteiger partial charge in [-0.1, -0.05) is 0 Å². The van der Waals surface area contributed by atoms with Crippen molar-refractivity contribution < 1.29 is 30.3 Å². The fourth-order valence-corrected chi connectivity index (χ4v) is 1.01. The minimum atomic E-state index is -1.60. The van der Waals surface area contributed by atoms with Crippen molar-refractivity contribution in [3.63, 3.8) is 0 Å². The molecule has 0 spiro atoms. The molecule has 1 aliphatic heterocycles. The summed E-state index contributed by atoms with van der Waals surface area (Å²) >= 11 is 0. The summed E-state index contributed by atoms with van der Waals surface area (Å²) in [5.74, 6) is 0. The Hall–Kier alpha value is -0.240. The predicted molar refractivity (Wildman–Crippen MR) is 35.1 cm³/mol. The lowest BCUT2D eigenvalue weighted by Crippen LogP contribution is -2.57. The molecule has 0 aromatic heterocycles. The van der Waals surface area contributed by atoms with E-state index in [1.165, 1.54) is 0 Å². The van der Waals surface area contributed by atoms with Gasteiger partial charge in [0.1, 0.15) is 31.0 Å². The molecule has 1 rings (SSSR count). The Labute approximate surface area is 68.6 Å². The SMILES string of the molecule is O[CH][C@H]1OC(O)[C@H](O)[C@@H](O)[C@H]1O. The molecule has 1 heterocycles. The van der Waals surface area contributed by atoms with Crippen molar-refractivity contribution in [3.05, 3.63) is 6.61 Å². The Kier molecular flexibility index (Phi) is 2.99. The fourth-order valence-electron chi connectivity index (χ4n) is 1.01. The van der Waals surface area contributed by atoms with Crippen LogP contribution in [-0.4, -0.2) is 56.2 Å². The van der Waals surface area contributed by atoms with Crippen LogP contribution in [0.3, 0.4) is 0 Å². The average Bonchev–Trinajstić information content (AvgIpc) is 2.08. The second kappa shape index (κ2) is 3.65. The van der Waals surface area contributed by atoms with Gasteiger partial charge >= 0.3 is 0 Å². The molecule has 0 aromatic carbocycles. The van der Waals surface area contributed by atoms with Crippen LogP contribution >= 0.6 is 0 Å². The van der Waals surface area contributed by atoms with Gasteiger partial charge in [0.2, 0.25) is 0 Å². The number of hydrogen-bond donors (Lipinski definition) is 5. The van der Waals surface area contributed by atoms with E-state index in [-0.39, 0.29) is 0 Å². The van der Waals surface area contributed by atoms with Gasteiger partial charge in [0.25, 0.3) is 0 Å². The van der Waals surface area contributed by atoms with Crippen molar-refractivity contribution in [3.8, 4) is 0 Å². The second-order valence-electron chi connectivity index (χ2n) is 2.61. The molecule has 1 aliphatic rings. The summed E-state index contributed by atoms with van der Waals surface area (Å²) in [5, 5.41) is 44.4. The molecule has 1 unspecified atom stereocenters. The van der Waals surface area contributed by atoms with Crippen LogP contribution in [0.4, 0.5) is 0 Å². The molecular formula is C6H11O6. The Balaban J connectivity index is 2.63. The first-order chi connectivity index (χ1) is 5.57. The smallest absolute Gasteiger partial charge is 0.184 e. The van der Waals surface area contributed by atoms with Gasteiger partial charge in [-0.2, -0.15) is 0 Å². The quantitative estimate of drug-likeness (QED) is 0.300. The van der Waals surface area contributed by atoms with Crippen molar-refractivity contribution in [2.75, 3.05) is 0 Å². The molecule has 0 aromatic rings. The Morgan fingerprint density at radius 3 is 2.00 bits per heavy atom. The van der Waals surface area contributed by atoms with Crippen LogP contribution in [0.25, 0.3) is 0 Å². The highest BCUT2D eigenvalue weighted by molar-refractivity contribution is 4.91. The largest absolute Gasteiger partial charge is 0.387 e. The van der Waals surface area contributed by atoms with Crippen LogP contribution in [0.15, 0.2) is 0 Å². The molecular weight excluding hydrogens is 168 g/mol. The third-order valence-electron chi connectivity index (χ3n) is 1.77. The first kappa shape index (κ1) is 9.85. The van der Waals surface area contributed by atoms with Gasteiger partial charge < -0.3 is 30.3 Å². The first-order valence-electron chi connectivity index (χ1n) is 3.43. The van der Waals surface area contributed by atoms with Gasteiger partial charge in [-0.05, 0) is 0 Å². The molecule has 0 aliphatic carbocycles. The Bertz CT molecular complexity index is 146. The summed E-state index contributed by atoms with van der Waals surface area (Å²) < 4.78 is 4.52. The molecule has 1 saturated heterocycles. The molecule has 12 heavy (non-hydrogen) atoms. The second-order valence-corrected chi connectivity index (χ2v) is 2.61. The van der Waals surface area contributed by atoms with Crippen LogP contribution in [0.1, 0.15) is 0 Å². The maximum atomic E-state index is 9.09. The minimum absolute atomic E-state index is 0.503. The summed E-state index contributed by atoms with van der Waals surface area (Å²) in [7, 11) is 0. The van der Waals surface area contributed by atoms with E-state index in [1.807, 2.05) is 0 Å². The fraction of sp³-hybridized carbons (Fsp3) is 0.833. The van der Waals surface area contributed by atoms with E-state index in [0.29, 0.717) is 6.61 Å². The Morgan fingerprint density at radius 2 is 1.50 bits per heavy atom. The zero-order chi connectivity index (χ0) is 9.30. The first-order valence-corrected chi connectivity index (χ1v) is 3.43. The van der Waals surface area contributed by atoms with Crippen molar-refractivity contribution in [1.82, 2.24) is 0 Å². The average molecular weight is 179 g/mol. The normalized spacial score (nSPS) is 49.2. The number of rotatable bonds is 1. The van der Waals surface area contributed by atoms with E-state index in [0.717, 1.165) is 0 Å². The number of ether oxygens (including phenoxy) is 1. The molecule has 1 radical (unpaired) electrons. The monoisotopic (exact) mass is 179 g/mol. The van der Waals surface area contributed by atoms with E-state index in [1.54, 1.807) is 0 Å². The van der Waals surface area contributed by atoms with E-state index in [2.05, 4.69) is 4.74 Å². The summed E-state index contributed by atoms with van der Waals surface area (Å²) in [6.07, 6.45) is -7.30. The summed E-state index contributed by atoms with van der Waals surface area (Å²) in [5.41, 5.74) is 0. The number of hydrogen-bond acceptors (Lipinski definition) is 6. The molecule has 0 saturated carbocycles. The van der Waals surface area contributed by atoms with Crippen molar-refractivity contribution in [2.45, 2.75) is 30.7 Å². The molecule has 0 bridgehead atoms. The number of aliphatic hydroxyl groups excluding tert-OH is 5. The topological polar surface area (TPSA) is 110 Å². The van der Waals surface area contributed by atoms with Crippen molar-refractivity contribution in [1.29, 1.82) is 0 Å². The van der Waals surface area contributed by atoms with Crippen LogP contribution in [0.2, 0.25) is 0 Å². The lowest BCUT2D eigenvalue weighted by molar-refractivity contribution is -0.279. The molecule has 5 N–H and O–H groups in total. The molecule has 5 atom stereocenters. The zero-order valence-corrected chi connectivity index (χ0v) is 6.11. The standard InChI is InChI=1S/C6H11O6/c7-1-2-3(8)4(9)5(10)6(11)12-2/h1-11H/t2-,3+,4+,5-,6?/m1/s1. The Morgan fingerprint density at radius 1 is 0.917 bits per heavy atom. The maximum absolute atomic E-state index is 9.09. The summed E-state index contributed by atoms with van der Waals surface area (Å²) in [4.78, 5) is 0. The number of aliphatic hydroxyl groups is 5. The summed E-state index contributed by atoms with van der Waals surface area (Å²) in [6.45, 7) is 0.503. The van der Waals surface area contributed by atoms with Gasteiger partial charge in [0, 0.05) is 0 Å². The van der Waals surface area contributed by atoms with Gasteiger partial charge in [0.05, 0.1) is 0 Å². The zero-order valence-electron chi connectivity index (χ0n) is 6.11. The van der Waals surface area contributed by atoms with Crippen LogP contribution in [0, 0.1) is 6.61 Å². The predicted octanol–water partition coefficient (Wildman–Crippen LogP) is -2.68. The van der Waals surface area contributed by atoms with E-state index in [9.17, 15) is 0 Å². The van der Waals surface area contributed by atoms with Crippen LogP contribution in [-0.2, 0) is 4.74 Å². The van der Waals surface area contributed by atoms with Crippen molar-refractivity contribution >= 4 is 0 Å². The lowest BCUT2D eigenvalue weighted by Gasteiger charge is -2.37. The lowest BCUT2D eigenvalue weighted by atomic mass is 10.00. The van der Waals surface area contributed by atoms with Gasteiger partial charge in [-0.25, -0.2) is 0 Å². The van der Waals surface area contributed by atoms with E-state index < -0.39 is 30.7 Å². The van der Waals surface area contributed by atoms with Crippen molar-refractivity contribution in [2.24, 2.45) is 0 Å². The van der Waals surface area contributed by atoms with Gasteiger partial charge in [-0.15, -0.1) is 0 Å². The molecule has 0 amide bonds. The summed E-state index contributed by atoms with van der Waals surface area (Å²) in [6, 6.07) is 0. The van der Waals surface area contributed by atoms with E-state index >= 15 is 0 Å². The maximum Gasteiger partial charge on any atom is 0.184 e. The molecule has 1 fully saturated rings. The molecule has 6 heteroatoms. The minimum Gasteiger partial charge on any atom is -0.387 e. The van der Waals surface area contributed by atoms with Crippen LogP contribution in [0.5, 0.6) is 0 Å². The highest BCUT2D eigenvalue weighted by atomic mass is 16.6. The van der Waals surface area contributed by atoms with Gasteiger partial charge in [0.15, 0.2) is 6.29 Å². The van der Waals surface area contributed by atoms with E-state index in [4.69, 9.17) is 25.5 Å². The molecule has 6 nitrogen and oxygen atoms in total. The highest BCUT2D eigenvalue weighted by Gasteiger charge is 2.42.